The second-order valence-electron chi connectivity index (χ2n) is 7.29. The Bertz CT molecular complexity index is 740. The molecule has 0 saturated carbocycles. The normalized spacial score (nSPS) is 16.2. The van der Waals surface area contributed by atoms with E-state index < -0.39 is 0 Å². The van der Waals surface area contributed by atoms with E-state index in [-0.39, 0.29) is 11.9 Å². The molecule has 1 amide bonds. The fourth-order valence-corrected chi connectivity index (χ4v) is 4.12. The van der Waals surface area contributed by atoms with E-state index in [4.69, 9.17) is 11.6 Å². The topological polar surface area (TPSA) is 32.3 Å². The number of piperidine rings is 1. The zero-order chi connectivity index (χ0) is 19.2. The van der Waals surface area contributed by atoms with Crippen molar-refractivity contribution < 1.29 is 4.79 Å². The quantitative estimate of drug-likeness (QED) is 0.643. The van der Waals surface area contributed by atoms with E-state index in [2.05, 4.69) is 41.4 Å². The van der Waals surface area contributed by atoms with E-state index in [0.29, 0.717) is 10.8 Å². The van der Waals surface area contributed by atoms with E-state index in [1.54, 1.807) is 0 Å². The third-order valence-electron chi connectivity index (χ3n) is 5.10. The van der Waals surface area contributed by atoms with Gasteiger partial charge in [-0.3, -0.25) is 4.79 Å². The van der Waals surface area contributed by atoms with Crippen molar-refractivity contribution in [3.8, 4) is 0 Å². The number of nitrogens with one attached hydrogen (secondary N) is 1. The largest absolute Gasteiger partial charge is 0.372 e. The summed E-state index contributed by atoms with van der Waals surface area (Å²) in [6, 6.07) is 16.2. The molecule has 1 heterocycles. The van der Waals surface area contributed by atoms with Gasteiger partial charge in [-0.05, 0) is 67.6 Å². The molecule has 5 heteroatoms. The van der Waals surface area contributed by atoms with E-state index in [1.807, 2.05) is 31.2 Å². The molecule has 0 spiro atoms. The lowest BCUT2D eigenvalue weighted by molar-refractivity contribution is -0.119. The van der Waals surface area contributed by atoms with Crippen LogP contribution in [0.25, 0.3) is 0 Å². The van der Waals surface area contributed by atoms with Crippen molar-refractivity contribution in [3.05, 3.63) is 59.1 Å². The molecule has 144 valence electrons. The average molecular weight is 403 g/mol. The predicted molar refractivity (Wildman–Crippen MR) is 116 cm³/mol. The summed E-state index contributed by atoms with van der Waals surface area (Å²) in [6.45, 7) is 6.63. The predicted octanol–water partition coefficient (Wildman–Crippen LogP) is 5.55. The highest BCUT2D eigenvalue weighted by molar-refractivity contribution is 8.00. The first-order valence-corrected chi connectivity index (χ1v) is 10.9. The van der Waals surface area contributed by atoms with Crippen LogP contribution in [0.4, 0.5) is 5.69 Å². The maximum absolute atomic E-state index is 12.2. The minimum Gasteiger partial charge on any atom is -0.372 e. The lowest BCUT2D eigenvalue weighted by Gasteiger charge is -2.32. The van der Waals surface area contributed by atoms with Gasteiger partial charge in [-0.15, -0.1) is 11.8 Å². The molecule has 1 aliphatic rings. The van der Waals surface area contributed by atoms with Crippen molar-refractivity contribution >= 4 is 35.0 Å². The molecule has 27 heavy (non-hydrogen) atoms. The molecular weight excluding hydrogens is 376 g/mol. The number of halogens is 1. The average Bonchev–Trinajstić information content (AvgIpc) is 2.68. The summed E-state index contributed by atoms with van der Waals surface area (Å²) in [5.74, 6) is 1.27. The van der Waals surface area contributed by atoms with Crippen molar-refractivity contribution in [1.29, 1.82) is 0 Å². The van der Waals surface area contributed by atoms with Gasteiger partial charge < -0.3 is 10.2 Å². The number of amides is 1. The Morgan fingerprint density at radius 2 is 1.78 bits per heavy atom. The Morgan fingerprint density at radius 3 is 2.41 bits per heavy atom. The molecule has 1 fully saturated rings. The number of anilines is 1. The summed E-state index contributed by atoms with van der Waals surface area (Å²) in [5.41, 5.74) is 2.41. The SMILES string of the molecule is CC1CCN(c2ccc([C@H](C)NC(=O)CSc3ccc(Cl)cc3)cc2)CC1. The van der Waals surface area contributed by atoms with E-state index in [0.717, 1.165) is 29.5 Å². The minimum atomic E-state index is -0.00116. The van der Waals surface area contributed by atoms with E-state index in [9.17, 15) is 4.79 Å². The Balaban J connectivity index is 1.49. The number of benzene rings is 2. The third kappa shape index (κ3) is 5.91. The van der Waals surface area contributed by atoms with Gasteiger partial charge in [-0.2, -0.15) is 0 Å². The Kier molecular flexibility index (Phi) is 7.08. The molecule has 1 atom stereocenters. The van der Waals surface area contributed by atoms with Crippen LogP contribution in [0.2, 0.25) is 5.02 Å². The fraction of sp³-hybridized carbons (Fsp3) is 0.409. The summed E-state index contributed by atoms with van der Waals surface area (Å²) >= 11 is 7.40. The highest BCUT2D eigenvalue weighted by Gasteiger charge is 2.16. The molecule has 0 radical (unpaired) electrons. The Hall–Kier alpha value is -1.65. The number of hydrogen-bond acceptors (Lipinski definition) is 3. The molecule has 3 nitrogen and oxygen atoms in total. The Labute approximate surface area is 171 Å². The Morgan fingerprint density at radius 1 is 1.15 bits per heavy atom. The first-order chi connectivity index (χ1) is 13.0. The van der Waals surface area contributed by atoms with Gasteiger partial charge in [0.1, 0.15) is 0 Å². The van der Waals surface area contributed by atoms with Gasteiger partial charge in [0.2, 0.25) is 5.91 Å². The maximum atomic E-state index is 12.2. The molecule has 0 aliphatic carbocycles. The van der Waals surface area contributed by atoms with Crippen LogP contribution in [0.3, 0.4) is 0 Å². The summed E-state index contributed by atoms with van der Waals surface area (Å²) < 4.78 is 0. The molecule has 2 aromatic rings. The standard InChI is InChI=1S/C22H27ClN2OS/c1-16-11-13-25(14-12-16)20-7-3-18(4-8-20)17(2)24-22(26)15-27-21-9-5-19(23)6-10-21/h3-10,16-17H,11-15H2,1-2H3,(H,24,26)/t17-/m0/s1. The van der Waals surface area contributed by atoms with Gasteiger partial charge in [0, 0.05) is 28.7 Å². The summed E-state index contributed by atoms with van der Waals surface area (Å²) in [6.07, 6.45) is 2.53. The van der Waals surface area contributed by atoms with Crippen LogP contribution in [0, 0.1) is 5.92 Å². The monoisotopic (exact) mass is 402 g/mol. The molecule has 2 aromatic carbocycles. The van der Waals surface area contributed by atoms with Crippen molar-refractivity contribution in [1.82, 2.24) is 5.32 Å². The first-order valence-electron chi connectivity index (χ1n) is 9.54. The maximum Gasteiger partial charge on any atom is 0.230 e. The highest BCUT2D eigenvalue weighted by Crippen LogP contribution is 2.25. The molecule has 0 aromatic heterocycles. The summed E-state index contributed by atoms with van der Waals surface area (Å²) in [4.78, 5) is 15.7. The molecule has 1 N–H and O–H groups in total. The van der Waals surface area contributed by atoms with Crippen LogP contribution < -0.4 is 10.2 Å². The first kappa shape index (κ1) is 20.1. The van der Waals surface area contributed by atoms with Crippen molar-refractivity contribution in [2.75, 3.05) is 23.7 Å². The van der Waals surface area contributed by atoms with Crippen molar-refractivity contribution in [2.24, 2.45) is 5.92 Å². The fourth-order valence-electron chi connectivity index (χ4n) is 3.29. The zero-order valence-electron chi connectivity index (χ0n) is 16.0. The van der Waals surface area contributed by atoms with Crippen molar-refractivity contribution in [3.63, 3.8) is 0 Å². The van der Waals surface area contributed by atoms with Crippen LogP contribution in [-0.4, -0.2) is 24.7 Å². The number of thioether (sulfide) groups is 1. The second-order valence-corrected chi connectivity index (χ2v) is 8.78. The zero-order valence-corrected chi connectivity index (χ0v) is 17.5. The number of hydrogen-bond donors (Lipinski definition) is 1. The summed E-state index contributed by atoms with van der Waals surface area (Å²) in [7, 11) is 0. The third-order valence-corrected chi connectivity index (χ3v) is 6.37. The van der Waals surface area contributed by atoms with Crippen LogP contribution >= 0.6 is 23.4 Å². The van der Waals surface area contributed by atoms with Gasteiger partial charge in [0.15, 0.2) is 0 Å². The molecule has 1 saturated heterocycles. The van der Waals surface area contributed by atoms with Crippen molar-refractivity contribution in [2.45, 2.75) is 37.6 Å². The molecule has 1 aliphatic heterocycles. The number of carbonyl (C=O) groups is 1. The summed E-state index contributed by atoms with van der Waals surface area (Å²) in [5, 5.41) is 3.79. The molecular formula is C22H27ClN2OS. The lowest BCUT2D eigenvalue weighted by atomic mass is 9.98. The van der Waals surface area contributed by atoms with E-state index in [1.165, 1.54) is 30.3 Å². The number of rotatable bonds is 6. The van der Waals surface area contributed by atoms with E-state index >= 15 is 0 Å². The molecule has 0 bridgehead atoms. The van der Waals surface area contributed by atoms with Crippen LogP contribution in [-0.2, 0) is 4.79 Å². The molecule has 3 rings (SSSR count). The minimum absolute atomic E-state index is 0.00116. The van der Waals surface area contributed by atoms with Crippen LogP contribution in [0.1, 0.15) is 38.3 Å². The highest BCUT2D eigenvalue weighted by atomic mass is 35.5. The van der Waals surface area contributed by atoms with Gasteiger partial charge in [-0.1, -0.05) is 30.7 Å². The van der Waals surface area contributed by atoms with Gasteiger partial charge in [0.25, 0.3) is 0 Å². The smallest absolute Gasteiger partial charge is 0.230 e. The van der Waals surface area contributed by atoms with Gasteiger partial charge >= 0.3 is 0 Å². The van der Waals surface area contributed by atoms with Crippen LogP contribution in [0.15, 0.2) is 53.4 Å². The second kappa shape index (κ2) is 9.52. The number of carbonyl (C=O) groups excluding carboxylic acids is 1. The van der Waals surface area contributed by atoms with Gasteiger partial charge in [-0.25, -0.2) is 0 Å². The number of nitrogens with zero attached hydrogens (tertiary/aromatic N) is 1. The van der Waals surface area contributed by atoms with Gasteiger partial charge in [0.05, 0.1) is 11.8 Å². The molecule has 0 unspecified atom stereocenters. The van der Waals surface area contributed by atoms with Crippen LogP contribution in [0.5, 0.6) is 0 Å². The lowest BCUT2D eigenvalue weighted by Crippen LogP contribution is -2.32.